The standard InChI is InChI=1S/C48H39N/c1-48(2,3)38-26-30-41(31-27-38)49(39-19-11-6-12-20-39)40-28-23-34(24-29-40)37-25-32-44-45(33-37)47(36-17-9-5-10-18-36)43-22-14-13-21-42(43)46(44)35-15-7-4-8-16-35/h4-33H,1-3H3. The van der Waals surface area contributed by atoms with Gasteiger partial charge in [-0.2, -0.15) is 0 Å². The van der Waals surface area contributed by atoms with Gasteiger partial charge in [0.05, 0.1) is 0 Å². The SMILES string of the molecule is CC(C)(C)c1ccc(N(c2ccccc2)c2ccc(-c3ccc4c(-c5ccccc5)c5ccccc5c(-c5ccccc5)c4c3)cc2)cc1. The maximum absolute atomic E-state index is 2.39. The molecule has 8 rings (SSSR count). The van der Waals surface area contributed by atoms with Crippen molar-refractivity contribution in [2.45, 2.75) is 26.2 Å². The third-order valence-corrected chi connectivity index (χ3v) is 9.61. The summed E-state index contributed by atoms with van der Waals surface area (Å²) in [4.78, 5) is 2.34. The molecular weight excluding hydrogens is 591 g/mol. The van der Waals surface area contributed by atoms with E-state index in [4.69, 9.17) is 0 Å². The smallest absolute Gasteiger partial charge is 0.0462 e. The number of hydrogen-bond acceptors (Lipinski definition) is 1. The Kier molecular flexibility index (Phi) is 7.82. The van der Waals surface area contributed by atoms with Gasteiger partial charge in [0, 0.05) is 17.1 Å². The molecule has 0 spiro atoms. The van der Waals surface area contributed by atoms with Gasteiger partial charge in [0.1, 0.15) is 0 Å². The molecule has 0 aromatic heterocycles. The van der Waals surface area contributed by atoms with E-state index >= 15 is 0 Å². The molecule has 0 aliphatic carbocycles. The maximum atomic E-state index is 2.39. The van der Waals surface area contributed by atoms with Crippen LogP contribution < -0.4 is 4.90 Å². The number of nitrogens with zero attached hydrogens (tertiary/aromatic N) is 1. The molecule has 1 nitrogen and oxygen atoms in total. The van der Waals surface area contributed by atoms with Crippen LogP contribution in [0.3, 0.4) is 0 Å². The minimum atomic E-state index is 0.103. The van der Waals surface area contributed by atoms with Crippen molar-refractivity contribution in [1.82, 2.24) is 0 Å². The normalized spacial score (nSPS) is 11.6. The van der Waals surface area contributed by atoms with Gasteiger partial charge in [-0.15, -0.1) is 0 Å². The lowest BCUT2D eigenvalue weighted by Gasteiger charge is -2.27. The first-order valence-electron chi connectivity index (χ1n) is 17.1. The minimum Gasteiger partial charge on any atom is -0.311 e. The first kappa shape index (κ1) is 30.4. The monoisotopic (exact) mass is 629 g/mol. The highest BCUT2D eigenvalue weighted by molar-refractivity contribution is 6.21. The number of anilines is 3. The lowest BCUT2D eigenvalue weighted by Crippen LogP contribution is -2.13. The average molecular weight is 630 g/mol. The van der Waals surface area contributed by atoms with Crippen LogP contribution in [0.2, 0.25) is 0 Å². The number of para-hydroxylation sites is 1. The van der Waals surface area contributed by atoms with Gasteiger partial charge in [0.15, 0.2) is 0 Å². The second-order valence-corrected chi connectivity index (χ2v) is 13.8. The van der Waals surface area contributed by atoms with Gasteiger partial charge in [-0.1, -0.05) is 160 Å². The molecule has 0 aliphatic rings. The Labute approximate surface area is 289 Å². The summed E-state index contributed by atoms with van der Waals surface area (Å²) in [5.74, 6) is 0. The Hall–Kier alpha value is -5.92. The summed E-state index contributed by atoms with van der Waals surface area (Å²) in [6.07, 6.45) is 0. The van der Waals surface area contributed by atoms with Gasteiger partial charge in [0.2, 0.25) is 0 Å². The van der Waals surface area contributed by atoms with Gasteiger partial charge >= 0.3 is 0 Å². The molecule has 0 N–H and O–H groups in total. The molecule has 0 aliphatic heterocycles. The van der Waals surface area contributed by atoms with Crippen LogP contribution in [0.15, 0.2) is 182 Å². The topological polar surface area (TPSA) is 3.24 Å². The molecule has 1 heteroatoms. The zero-order valence-corrected chi connectivity index (χ0v) is 28.3. The first-order valence-corrected chi connectivity index (χ1v) is 17.1. The predicted octanol–water partition coefficient (Wildman–Crippen LogP) is 13.8. The molecule has 49 heavy (non-hydrogen) atoms. The number of benzene rings is 8. The van der Waals surface area contributed by atoms with Crippen LogP contribution in [0.25, 0.3) is 54.9 Å². The summed E-state index contributed by atoms with van der Waals surface area (Å²) in [7, 11) is 0. The summed E-state index contributed by atoms with van der Waals surface area (Å²) >= 11 is 0. The minimum absolute atomic E-state index is 0.103. The van der Waals surface area contributed by atoms with Crippen molar-refractivity contribution < 1.29 is 0 Å². The molecule has 0 unspecified atom stereocenters. The third-order valence-electron chi connectivity index (χ3n) is 9.61. The summed E-state index contributed by atoms with van der Waals surface area (Å²) in [5.41, 5.74) is 12.2. The highest BCUT2D eigenvalue weighted by Crippen LogP contribution is 2.45. The zero-order valence-electron chi connectivity index (χ0n) is 28.3. The van der Waals surface area contributed by atoms with Gasteiger partial charge in [-0.25, -0.2) is 0 Å². The van der Waals surface area contributed by atoms with Gasteiger partial charge in [-0.05, 0) is 108 Å². The molecule has 8 aromatic carbocycles. The van der Waals surface area contributed by atoms with Crippen molar-refractivity contribution in [2.75, 3.05) is 4.90 Å². The van der Waals surface area contributed by atoms with E-state index in [1.165, 1.54) is 60.5 Å². The molecular formula is C48H39N. The van der Waals surface area contributed by atoms with Crippen LogP contribution in [0.5, 0.6) is 0 Å². The van der Waals surface area contributed by atoms with E-state index < -0.39 is 0 Å². The quantitative estimate of drug-likeness (QED) is 0.165. The zero-order chi connectivity index (χ0) is 33.4. The van der Waals surface area contributed by atoms with E-state index in [1.807, 2.05) is 0 Å². The fourth-order valence-corrected chi connectivity index (χ4v) is 7.13. The summed E-state index contributed by atoms with van der Waals surface area (Å²) in [5, 5.41) is 5.06. The largest absolute Gasteiger partial charge is 0.311 e. The summed E-state index contributed by atoms with van der Waals surface area (Å²) in [6.45, 7) is 6.78. The second kappa shape index (κ2) is 12.6. The lowest BCUT2D eigenvalue weighted by molar-refractivity contribution is 0.590. The maximum Gasteiger partial charge on any atom is 0.0462 e. The Bertz CT molecular complexity index is 2370. The van der Waals surface area contributed by atoms with Crippen molar-refractivity contribution in [3.63, 3.8) is 0 Å². The van der Waals surface area contributed by atoms with Crippen LogP contribution in [0.4, 0.5) is 17.1 Å². The molecule has 0 amide bonds. The predicted molar refractivity (Wildman–Crippen MR) is 211 cm³/mol. The van der Waals surface area contributed by atoms with E-state index in [0.717, 1.165) is 17.1 Å². The Morgan fingerprint density at radius 1 is 0.327 bits per heavy atom. The third kappa shape index (κ3) is 5.79. The number of fused-ring (bicyclic) bond motifs is 2. The highest BCUT2D eigenvalue weighted by Gasteiger charge is 2.19. The van der Waals surface area contributed by atoms with Crippen molar-refractivity contribution in [3.8, 4) is 33.4 Å². The molecule has 0 fully saturated rings. The van der Waals surface area contributed by atoms with E-state index in [0.29, 0.717) is 0 Å². The van der Waals surface area contributed by atoms with E-state index in [2.05, 4.69) is 208 Å². The Morgan fingerprint density at radius 3 is 1.27 bits per heavy atom. The highest BCUT2D eigenvalue weighted by atomic mass is 15.1. The molecule has 0 saturated carbocycles. The van der Waals surface area contributed by atoms with Crippen LogP contribution in [-0.4, -0.2) is 0 Å². The van der Waals surface area contributed by atoms with Gasteiger partial charge in [-0.3, -0.25) is 0 Å². The molecule has 0 atom stereocenters. The van der Waals surface area contributed by atoms with Crippen molar-refractivity contribution >= 4 is 38.6 Å². The summed E-state index contributed by atoms with van der Waals surface area (Å²) in [6, 6.07) is 66.2. The van der Waals surface area contributed by atoms with E-state index in [9.17, 15) is 0 Å². The van der Waals surface area contributed by atoms with Crippen LogP contribution >= 0.6 is 0 Å². The van der Waals surface area contributed by atoms with Gasteiger partial charge < -0.3 is 4.90 Å². The van der Waals surface area contributed by atoms with E-state index in [-0.39, 0.29) is 5.41 Å². The second-order valence-electron chi connectivity index (χ2n) is 13.8. The molecule has 0 heterocycles. The van der Waals surface area contributed by atoms with Crippen LogP contribution in [0.1, 0.15) is 26.3 Å². The van der Waals surface area contributed by atoms with E-state index in [1.54, 1.807) is 0 Å². The van der Waals surface area contributed by atoms with Crippen molar-refractivity contribution in [1.29, 1.82) is 0 Å². The fourth-order valence-electron chi connectivity index (χ4n) is 7.13. The number of rotatable bonds is 6. The van der Waals surface area contributed by atoms with Crippen molar-refractivity contribution in [2.24, 2.45) is 0 Å². The Morgan fingerprint density at radius 2 is 0.735 bits per heavy atom. The Balaban J connectivity index is 1.28. The van der Waals surface area contributed by atoms with Crippen LogP contribution in [0, 0.1) is 0 Å². The summed E-state index contributed by atoms with van der Waals surface area (Å²) < 4.78 is 0. The lowest BCUT2D eigenvalue weighted by atomic mass is 9.85. The first-order chi connectivity index (χ1) is 24.0. The molecule has 8 aromatic rings. The molecule has 236 valence electrons. The molecule has 0 bridgehead atoms. The molecule has 0 saturated heterocycles. The van der Waals surface area contributed by atoms with Crippen molar-refractivity contribution in [3.05, 3.63) is 188 Å². The number of hydrogen-bond donors (Lipinski definition) is 0. The van der Waals surface area contributed by atoms with Gasteiger partial charge in [0.25, 0.3) is 0 Å². The fraction of sp³-hybridized carbons (Fsp3) is 0.0833. The average Bonchev–Trinajstić information content (AvgIpc) is 3.15. The molecule has 0 radical (unpaired) electrons. The van der Waals surface area contributed by atoms with Crippen LogP contribution in [-0.2, 0) is 5.41 Å².